The van der Waals surface area contributed by atoms with E-state index >= 15 is 0 Å². The molecule has 0 bridgehead atoms. The number of alkyl halides is 1. The zero-order valence-electron chi connectivity index (χ0n) is 8.53. The number of rotatable bonds is 4. The van der Waals surface area contributed by atoms with Crippen LogP contribution in [0.25, 0.3) is 0 Å². The molecule has 0 aromatic rings. The summed E-state index contributed by atoms with van der Waals surface area (Å²) in [6.07, 6.45) is 0.354. The summed E-state index contributed by atoms with van der Waals surface area (Å²) in [5, 5.41) is 0. The van der Waals surface area contributed by atoms with Crippen molar-refractivity contribution in [1.29, 1.82) is 0 Å². The molecule has 0 radical (unpaired) electrons. The first-order valence-corrected chi connectivity index (χ1v) is 5.15. The Morgan fingerprint density at radius 1 is 1.36 bits per heavy atom. The zero-order chi connectivity index (χ0) is 10.6. The van der Waals surface area contributed by atoms with Crippen molar-refractivity contribution in [1.82, 2.24) is 4.90 Å². The maximum atomic E-state index is 11.5. The van der Waals surface area contributed by atoms with Gasteiger partial charge < -0.3 is 14.4 Å². The first-order chi connectivity index (χ1) is 6.72. The van der Waals surface area contributed by atoms with Gasteiger partial charge in [0.05, 0.1) is 0 Å². The number of carbonyl (C=O) groups is 1. The first-order valence-electron chi connectivity index (χ1n) is 4.62. The number of amides is 1. The molecule has 0 aromatic heterocycles. The van der Waals surface area contributed by atoms with Crippen LogP contribution in [-0.4, -0.2) is 56.2 Å². The Balaban J connectivity index is 2.48. The van der Waals surface area contributed by atoms with Gasteiger partial charge in [-0.25, -0.2) is 0 Å². The summed E-state index contributed by atoms with van der Waals surface area (Å²) in [6, 6.07) is 0. The highest BCUT2D eigenvalue weighted by Gasteiger charge is 2.34. The van der Waals surface area contributed by atoms with Crippen LogP contribution in [0.1, 0.15) is 6.42 Å². The minimum atomic E-state index is -0.0146. The van der Waals surface area contributed by atoms with Crippen LogP contribution in [0.2, 0.25) is 0 Å². The van der Waals surface area contributed by atoms with Gasteiger partial charge in [-0.3, -0.25) is 4.79 Å². The van der Waals surface area contributed by atoms with Crippen LogP contribution in [0.5, 0.6) is 0 Å². The largest absolute Gasteiger partial charge is 0.377 e. The standard InChI is InChI=1S/C9H16ClNO3/c1-13-7-5-11(6-8(7)14-2)9(12)3-4-10/h7-8H,3-6H2,1-2H3/t7-,8+. The second-order valence-electron chi connectivity index (χ2n) is 3.29. The van der Waals surface area contributed by atoms with E-state index in [1.807, 2.05) is 0 Å². The van der Waals surface area contributed by atoms with Gasteiger partial charge in [0.1, 0.15) is 12.2 Å². The fourth-order valence-corrected chi connectivity index (χ4v) is 1.80. The van der Waals surface area contributed by atoms with Crippen LogP contribution in [0.3, 0.4) is 0 Å². The van der Waals surface area contributed by atoms with Gasteiger partial charge >= 0.3 is 0 Å². The van der Waals surface area contributed by atoms with Crippen molar-refractivity contribution in [2.24, 2.45) is 0 Å². The predicted molar refractivity (Wildman–Crippen MR) is 53.5 cm³/mol. The van der Waals surface area contributed by atoms with E-state index in [4.69, 9.17) is 21.1 Å². The molecule has 0 unspecified atom stereocenters. The molecule has 1 heterocycles. The van der Waals surface area contributed by atoms with E-state index in [1.54, 1.807) is 19.1 Å². The summed E-state index contributed by atoms with van der Waals surface area (Å²) in [4.78, 5) is 13.2. The molecule has 82 valence electrons. The third-order valence-electron chi connectivity index (χ3n) is 2.48. The van der Waals surface area contributed by atoms with Gasteiger partial charge in [0.2, 0.25) is 5.91 Å². The van der Waals surface area contributed by atoms with E-state index in [2.05, 4.69) is 0 Å². The summed E-state index contributed by atoms with van der Waals surface area (Å²) in [5.74, 6) is 0.437. The van der Waals surface area contributed by atoms with Gasteiger partial charge in [-0.15, -0.1) is 11.6 Å². The molecular weight excluding hydrogens is 206 g/mol. The molecule has 1 aliphatic heterocycles. The van der Waals surface area contributed by atoms with Crippen LogP contribution in [0, 0.1) is 0 Å². The molecule has 0 N–H and O–H groups in total. The van der Waals surface area contributed by atoms with Crippen molar-refractivity contribution < 1.29 is 14.3 Å². The van der Waals surface area contributed by atoms with E-state index in [0.717, 1.165) is 0 Å². The molecule has 1 saturated heterocycles. The average molecular weight is 222 g/mol. The van der Waals surface area contributed by atoms with Gasteiger partial charge in [-0.05, 0) is 0 Å². The maximum absolute atomic E-state index is 11.5. The first kappa shape index (κ1) is 11.8. The lowest BCUT2D eigenvalue weighted by Crippen LogP contribution is -2.30. The van der Waals surface area contributed by atoms with Crippen molar-refractivity contribution in [2.75, 3.05) is 33.2 Å². The fourth-order valence-electron chi connectivity index (χ4n) is 1.64. The number of hydrogen-bond acceptors (Lipinski definition) is 3. The topological polar surface area (TPSA) is 38.8 Å². The summed E-state index contributed by atoms with van der Waals surface area (Å²) in [7, 11) is 3.26. The molecule has 5 heteroatoms. The Morgan fingerprint density at radius 3 is 2.21 bits per heavy atom. The van der Waals surface area contributed by atoms with Crippen LogP contribution < -0.4 is 0 Å². The number of ether oxygens (including phenoxy) is 2. The van der Waals surface area contributed by atoms with E-state index in [9.17, 15) is 4.79 Å². The Morgan fingerprint density at radius 2 is 1.86 bits per heavy atom. The Kier molecular flexibility index (Phi) is 4.65. The smallest absolute Gasteiger partial charge is 0.223 e. The summed E-state index contributed by atoms with van der Waals surface area (Å²) in [5.41, 5.74) is 0. The van der Waals surface area contributed by atoms with Crippen molar-refractivity contribution in [3.05, 3.63) is 0 Å². The number of halogens is 1. The zero-order valence-corrected chi connectivity index (χ0v) is 9.29. The second kappa shape index (κ2) is 5.53. The predicted octanol–water partition coefficient (Wildman–Crippen LogP) is 0.487. The van der Waals surface area contributed by atoms with Gasteiger partial charge in [0.15, 0.2) is 0 Å². The highest BCUT2D eigenvalue weighted by Crippen LogP contribution is 2.16. The number of carbonyl (C=O) groups excluding carboxylic acids is 1. The Bertz CT molecular complexity index is 188. The molecule has 1 fully saturated rings. The quantitative estimate of drug-likeness (QED) is 0.649. The minimum absolute atomic E-state index is 0.0146. The van der Waals surface area contributed by atoms with E-state index in [0.29, 0.717) is 25.4 Å². The second-order valence-corrected chi connectivity index (χ2v) is 3.66. The third-order valence-corrected chi connectivity index (χ3v) is 2.67. The van der Waals surface area contributed by atoms with Gasteiger partial charge in [-0.1, -0.05) is 0 Å². The molecular formula is C9H16ClNO3. The maximum Gasteiger partial charge on any atom is 0.223 e. The molecule has 0 spiro atoms. The molecule has 1 amide bonds. The van der Waals surface area contributed by atoms with Gasteiger partial charge in [0, 0.05) is 39.6 Å². The Labute approximate surface area is 89.1 Å². The van der Waals surface area contributed by atoms with Crippen LogP contribution in [0.4, 0.5) is 0 Å². The molecule has 14 heavy (non-hydrogen) atoms. The Hall–Kier alpha value is -0.320. The van der Waals surface area contributed by atoms with Gasteiger partial charge in [0.25, 0.3) is 0 Å². The molecule has 2 atom stereocenters. The molecule has 1 aliphatic rings. The molecule has 0 saturated carbocycles. The lowest BCUT2D eigenvalue weighted by molar-refractivity contribution is -0.130. The van der Waals surface area contributed by atoms with E-state index in [-0.39, 0.29) is 18.1 Å². The van der Waals surface area contributed by atoms with Crippen molar-refractivity contribution in [3.63, 3.8) is 0 Å². The fraction of sp³-hybridized carbons (Fsp3) is 0.889. The lowest BCUT2D eigenvalue weighted by atomic mass is 10.3. The molecule has 0 aliphatic carbocycles. The van der Waals surface area contributed by atoms with Crippen molar-refractivity contribution >= 4 is 17.5 Å². The highest BCUT2D eigenvalue weighted by molar-refractivity contribution is 6.18. The normalized spacial score (nSPS) is 26.9. The van der Waals surface area contributed by atoms with Crippen molar-refractivity contribution in [2.45, 2.75) is 18.6 Å². The van der Waals surface area contributed by atoms with Crippen LogP contribution in [-0.2, 0) is 14.3 Å². The monoisotopic (exact) mass is 221 g/mol. The van der Waals surface area contributed by atoms with Crippen molar-refractivity contribution in [3.8, 4) is 0 Å². The van der Waals surface area contributed by atoms with Crippen LogP contribution in [0.15, 0.2) is 0 Å². The molecule has 0 aromatic carbocycles. The number of nitrogens with zero attached hydrogens (tertiary/aromatic N) is 1. The lowest BCUT2D eigenvalue weighted by Gasteiger charge is -2.14. The van der Waals surface area contributed by atoms with Gasteiger partial charge in [-0.2, -0.15) is 0 Å². The number of likely N-dealkylation sites (tertiary alicyclic amines) is 1. The number of hydrogen-bond donors (Lipinski definition) is 0. The van der Waals surface area contributed by atoms with E-state index in [1.165, 1.54) is 0 Å². The highest BCUT2D eigenvalue weighted by atomic mass is 35.5. The third kappa shape index (κ3) is 2.59. The summed E-state index contributed by atoms with van der Waals surface area (Å²) in [6.45, 7) is 1.20. The minimum Gasteiger partial charge on any atom is -0.377 e. The SMILES string of the molecule is CO[C@H]1CN(C(=O)CCCl)C[C@H]1OC. The van der Waals surface area contributed by atoms with Crippen LogP contribution >= 0.6 is 11.6 Å². The van der Waals surface area contributed by atoms with E-state index < -0.39 is 0 Å². The number of methoxy groups -OCH3 is 2. The molecule has 1 rings (SSSR count). The molecule has 4 nitrogen and oxygen atoms in total. The average Bonchev–Trinajstić information content (AvgIpc) is 2.61. The summed E-state index contributed by atoms with van der Waals surface area (Å²) >= 11 is 5.51. The summed E-state index contributed by atoms with van der Waals surface area (Å²) < 4.78 is 10.4.